The minimum Gasteiger partial charge on any atom is -0.463 e. The summed E-state index contributed by atoms with van der Waals surface area (Å²) in [4.78, 5) is 58.6. The minimum absolute atomic E-state index is 0.0297. The third kappa shape index (κ3) is 7.90. The van der Waals surface area contributed by atoms with Crippen molar-refractivity contribution >= 4 is 46.8 Å². The molecule has 0 aliphatic carbocycles. The van der Waals surface area contributed by atoms with Gasteiger partial charge in [0.05, 0.1) is 22.8 Å². The van der Waals surface area contributed by atoms with E-state index in [4.69, 9.17) is 19.5 Å². The first-order valence-electron chi connectivity index (χ1n) is 14.4. The topological polar surface area (TPSA) is 237 Å². The van der Waals surface area contributed by atoms with Gasteiger partial charge in [0, 0.05) is 10.8 Å². The van der Waals surface area contributed by atoms with E-state index in [2.05, 4.69) is 31.4 Å². The summed E-state index contributed by atoms with van der Waals surface area (Å²) in [5.74, 6) is -1.52. The maximum Gasteiger partial charge on any atom is 0.436 e. The summed E-state index contributed by atoms with van der Waals surface area (Å²) in [6.45, 7) is 22.4. The number of amides is 4. The van der Waals surface area contributed by atoms with Crippen molar-refractivity contribution in [3.63, 3.8) is 0 Å². The number of carboxylic acid groups (broad SMARTS) is 1. The second-order valence-electron chi connectivity index (χ2n) is 13.3. The maximum absolute atomic E-state index is 12.7. The standard InChI is InChI=1S/C16H28N4O5.C12H20N4O5/c1-9-24-19-10(2)16(20(23)13(22)25-15(6,7)8)11(14(3,4)5)17-18-12(16)21;1-6-21-15-7(2)12(16(20)10(18)19)8(11(3,4)5)13-14-9(12)17/h23H,9H2,1-8H3,(H,18,21);20H,6H2,1-5H3,(H,14,17)(H,18,19). The molecule has 0 spiro atoms. The minimum atomic E-state index is -2.04. The third-order valence-electron chi connectivity index (χ3n) is 6.39. The number of nitrogens with zero attached hydrogens (tertiary/aromatic N) is 6. The first kappa shape index (κ1) is 39.7. The molecule has 0 saturated heterocycles. The lowest BCUT2D eigenvalue weighted by atomic mass is 9.75. The van der Waals surface area contributed by atoms with Gasteiger partial charge in [-0.2, -0.15) is 20.3 Å². The molecule has 2 rings (SSSR count). The fourth-order valence-corrected chi connectivity index (χ4v) is 4.58. The molecule has 46 heavy (non-hydrogen) atoms. The molecule has 0 aromatic heterocycles. The SMILES string of the molecule is CCON=C(C)C1(N(O)C(=O)O)C(=O)NN=C1C(C)(C)C.CCON=C(C)C1(N(O)C(=O)OC(C)(C)C)C(=O)NN=C1C(C)(C)C. The number of oxime groups is 2. The summed E-state index contributed by atoms with van der Waals surface area (Å²) < 4.78 is 5.21. The molecule has 18 nitrogen and oxygen atoms in total. The second kappa shape index (κ2) is 14.4. The molecule has 0 fully saturated rings. The van der Waals surface area contributed by atoms with Crippen LogP contribution >= 0.6 is 0 Å². The molecule has 2 atom stereocenters. The highest BCUT2D eigenvalue weighted by Crippen LogP contribution is 2.35. The number of hydroxylamine groups is 4. The Balaban J connectivity index is 0.000000467. The smallest absolute Gasteiger partial charge is 0.436 e. The van der Waals surface area contributed by atoms with Crippen LogP contribution in [-0.4, -0.2) is 102 Å². The normalized spacial score (nSPS) is 22.1. The lowest BCUT2D eigenvalue weighted by molar-refractivity contribution is -0.149. The van der Waals surface area contributed by atoms with E-state index in [1.807, 2.05) is 0 Å². The van der Waals surface area contributed by atoms with Crippen molar-refractivity contribution in [2.45, 2.75) is 107 Å². The number of nitrogens with one attached hydrogen (secondary N) is 2. The van der Waals surface area contributed by atoms with Crippen molar-refractivity contribution in [1.29, 1.82) is 0 Å². The number of carbonyl (C=O) groups excluding carboxylic acids is 3. The lowest BCUT2D eigenvalue weighted by Crippen LogP contribution is -2.67. The molecule has 0 saturated carbocycles. The van der Waals surface area contributed by atoms with Crippen molar-refractivity contribution in [3.8, 4) is 0 Å². The average molecular weight is 657 g/mol. The molecule has 2 unspecified atom stereocenters. The Kier molecular flexibility index (Phi) is 12.4. The van der Waals surface area contributed by atoms with E-state index in [1.165, 1.54) is 13.8 Å². The number of ether oxygens (including phenoxy) is 1. The van der Waals surface area contributed by atoms with Gasteiger partial charge in [0.15, 0.2) is 0 Å². The summed E-state index contributed by atoms with van der Waals surface area (Å²) in [6, 6.07) is 0. The summed E-state index contributed by atoms with van der Waals surface area (Å²) in [7, 11) is 0. The second-order valence-corrected chi connectivity index (χ2v) is 13.3. The van der Waals surface area contributed by atoms with Gasteiger partial charge in [-0.25, -0.2) is 20.4 Å². The van der Waals surface area contributed by atoms with Gasteiger partial charge >= 0.3 is 12.2 Å². The lowest BCUT2D eigenvalue weighted by Gasteiger charge is -2.38. The highest BCUT2D eigenvalue weighted by atomic mass is 16.6. The molecule has 2 aliphatic rings. The molecule has 0 bridgehead atoms. The summed E-state index contributed by atoms with van der Waals surface area (Å²) in [5.41, 5.74) is -1.29. The zero-order chi connectivity index (χ0) is 36.1. The highest BCUT2D eigenvalue weighted by Gasteiger charge is 2.62. The van der Waals surface area contributed by atoms with Crippen LogP contribution in [0.4, 0.5) is 9.59 Å². The van der Waals surface area contributed by atoms with Crippen LogP contribution in [-0.2, 0) is 24.0 Å². The Labute approximate surface area is 268 Å². The number of carbonyl (C=O) groups is 4. The Hall–Kier alpha value is -4.32. The van der Waals surface area contributed by atoms with E-state index in [0.717, 1.165) is 0 Å². The van der Waals surface area contributed by atoms with E-state index in [9.17, 15) is 29.6 Å². The number of hydrogen-bond donors (Lipinski definition) is 5. The maximum atomic E-state index is 12.7. The van der Waals surface area contributed by atoms with Crippen molar-refractivity contribution in [3.05, 3.63) is 0 Å². The van der Waals surface area contributed by atoms with Gasteiger partial charge < -0.3 is 19.5 Å². The van der Waals surface area contributed by atoms with Crippen LogP contribution < -0.4 is 10.9 Å². The number of hydrogen-bond acceptors (Lipinski definition) is 13. The van der Waals surface area contributed by atoms with E-state index in [1.54, 1.807) is 76.2 Å². The van der Waals surface area contributed by atoms with Crippen LogP contribution in [0.25, 0.3) is 0 Å². The largest absolute Gasteiger partial charge is 0.463 e. The van der Waals surface area contributed by atoms with Gasteiger partial charge in [-0.3, -0.25) is 20.0 Å². The van der Waals surface area contributed by atoms with Gasteiger partial charge in [-0.1, -0.05) is 51.9 Å². The summed E-state index contributed by atoms with van der Waals surface area (Å²) in [5, 5.41) is 45.5. The van der Waals surface area contributed by atoms with E-state index < -0.39 is 51.5 Å². The van der Waals surface area contributed by atoms with Crippen LogP contribution in [0.3, 0.4) is 0 Å². The van der Waals surface area contributed by atoms with Gasteiger partial charge in [-0.05, 0) is 48.5 Å². The zero-order valence-corrected chi connectivity index (χ0v) is 28.8. The highest BCUT2D eigenvalue weighted by molar-refractivity contribution is 6.36. The van der Waals surface area contributed by atoms with Crippen LogP contribution in [0.15, 0.2) is 20.5 Å². The number of hydrazone groups is 2. The fraction of sp³-hybridized carbons (Fsp3) is 0.714. The van der Waals surface area contributed by atoms with E-state index in [0.29, 0.717) is 0 Å². The molecule has 0 aromatic carbocycles. The van der Waals surface area contributed by atoms with Crippen molar-refractivity contribution in [1.82, 2.24) is 21.0 Å². The van der Waals surface area contributed by atoms with Gasteiger partial charge in [0.1, 0.15) is 18.8 Å². The molecule has 18 heteroatoms. The third-order valence-corrected chi connectivity index (χ3v) is 6.39. The quantitative estimate of drug-likeness (QED) is 0.145. The Bertz CT molecular complexity index is 1310. The van der Waals surface area contributed by atoms with Crippen molar-refractivity contribution in [2.24, 2.45) is 31.3 Å². The van der Waals surface area contributed by atoms with Crippen molar-refractivity contribution < 1.29 is 49.1 Å². The van der Waals surface area contributed by atoms with E-state index in [-0.39, 0.29) is 46.2 Å². The fourth-order valence-electron chi connectivity index (χ4n) is 4.58. The van der Waals surface area contributed by atoms with Crippen molar-refractivity contribution in [2.75, 3.05) is 13.2 Å². The van der Waals surface area contributed by atoms with Crippen LogP contribution in [0.1, 0.15) is 90.0 Å². The van der Waals surface area contributed by atoms with Gasteiger partial charge in [0.25, 0.3) is 11.8 Å². The Morgan fingerprint density at radius 1 is 0.761 bits per heavy atom. The van der Waals surface area contributed by atoms with Gasteiger partial charge in [0.2, 0.25) is 11.1 Å². The van der Waals surface area contributed by atoms with Crippen LogP contribution in [0.2, 0.25) is 0 Å². The van der Waals surface area contributed by atoms with E-state index >= 15 is 0 Å². The molecule has 5 N–H and O–H groups in total. The molecule has 260 valence electrons. The monoisotopic (exact) mass is 656 g/mol. The zero-order valence-electron chi connectivity index (χ0n) is 28.8. The predicted molar refractivity (Wildman–Crippen MR) is 167 cm³/mol. The van der Waals surface area contributed by atoms with Gasteiger partial charge in [-0.15, -0.1) is 0 Å². The molecule has 2 aliphatic heterocycles. The number of rotatable bonds is 8. The van der Waals surface area contributed by atoms with Crippen LogP contribution in [0.5, 0.6) is 0 Å². The Morgan fingerprint density at radius 3 is 1.39 bits per heavy atom. The molecule has 4 amide bonds. The first-order valence-corrected chi connectivity index (χ1v) is 14.4. The van der Waals surface area contributed by atoms with Crippen LogP contribution in [0, 0.1) is 10.8 Å². The molecule has 0 radical (unpaired) electrons. The molecule has 0 aromatic rings. The Morgan fingerprint density at radius 2 is 1.11 bits per heavy atom. The average Bonchev–Trinajstić information content (AvgIpc) is 3.46. The predicted octanol–water partition coefficient (Wildman–Crippen LogP) is 3.33. The summed E-state index contributed by atoms with van der Waals surface area (Å²) >= 11 is 0. The summed E-state index contributed by atoms with van der Waals surface area (Å²) in [6.07, 6.45) is -2.79. The molecule has 2 heterocycles. The first-order chi connectivity index (χ1) is 20.9. The molecular formula is C28H48N8O10. The molecular weight excluding hydrogens is 608 g/mol.